The fraction of sp³-hybridized carbons (Fsp3) is 0.136. The highest BCUT2D eigenvalue weighted by Crippen LogP contribution is 2.29. The van der Waals surface area contributed by atoms with Gasteiger partial charge in [-0.15, -0.1) is 0 Å². The van der Waals surface area contributed by atoms with Gasteiger partial charge in [-0.1, -0.05) is 13.0 Å². The van der Waals surface area contributed by atoms with Crippen molar-refractivity contribution < 1.29 is 22.0 Å². The molecule has 7 nitrogen and oxygen atoms in total. The largest absolute Gasteiger partial charge is 0.345 e. The molecule has 0 radical (unpaired) electrons. The summed E-state index contributed by atoms with van der Waals surface area (Å²) in [6.45, 7) is 1.65. The average Bonchev–Trinajstić information content (AvgIpc) is 3.19. The van der Waals surface area contributed by atoms with Gasteiger partial charge in [0.05, 0.1) is 17.0 Å². The Kier molecular flexibility index (Phi) is 5.70. The van der Waals surface area contributed by atoms with Crippen molar-refractivity contribution in [2.45, 2.75) is 13.3 Å². The molecule has 0 saturated heterocycles. The van der Waals surface area contributed by atoms with Gasteiger partial charge in [0.1, 0.15) is 11.5 Å². The van der Waals surface area contributed by atoms with Crippen LogP contribution in [0.2, 0.25) is 0 Å². The van der Waals surface area contributed by atoms with Gasteiger partial charge in [-0.2, -0.15) is 0 Å². The van der Waals surface area contributed by atoms with E-state index in [1.807, 2.05) is 6.07 Å². The molecular formula is C22H18F2N4O3S. The minimum atomic E-state index is -3.83. The third-order valence-electron chi connectivity index (χ3n) is 4.83. The van der Waals surface area contributed by atoms with E-state index >= 15 is 4.39 Å². The predicted molar refractivity (Wildman–Crippen MR) is 117 cm³/mol. The predicted octanol–water partition coefficient (Wildman–Crippen LogP) is 4.29. The van der Waals surface area contributed by atoms with E-state index in [1.54, 1.807) is 37.6 Å². The highest BCUT2D eigenvalue weighted by Gasteiger charge is 2.26. The number of hydrogen-bond acceptors (Lipinski definition) is 5. The van der Waals surface area contributed by atoms with Gasteiger partial charge in [-0.25, -0.2) is 22.2 Å². The first-order chi connectivity index (χ1) is 15.3. The average molecular weight is 456 g/mol. The van der Waals surface area contributed by atoms with E-state index in [1.165, 1.54) is 6.20 Å². The SMILES string of the molecule is CCCS(=O)(=O)Nc1ccc(F)c(C(=O)c2c[nH]c3ncc(-c4cccnc4)cc23)c1F. The molecule has 164 valence electrons. The Morgan fingerprint density at radius 1 is 1.16 bits per heavy atom. The zero-order chi connectivity index (χ0) is 22.9. The highest BCUT2D eigenvalue weighted by atomic mass is 32.2. The minimum absolute atomic E-state index is 0.00426. The fourth-order valence-corrected chi connectivity index (χ4v) is 4.48. The molecule has 0 aliphatic heterocycles. The number of H-pyrrole nitrogens is 1. The molecule has 0 atom stereocenters. The Morgan fingerprint density at radius 3 is 2.69 bits per heavy atom. The number of benzene rings is 1. The number of pyridine rings is 2. The lowest BCUT2D eigenvalue weighted by atomic mass is 10.00. The molecule has 4 rings (SSSR count). The second-order valence-electron chi connectivity index (χ2n) is 7.10. The molecule has 0 unspecified atom stereocenters. The fourth-order valence-electron chi connectivity index (χ4n) is 3.34. The molecule has 0 fully saturated rings. The molecule has 0 amide bonds. The van der Waals surface area contributed by atoms with Crippen molar-refractivity contribution in [3.63, 3.8) is 0 Å². The number of carbonyl (C=O) groups excluding carboxylic acids is 1. The van der Waals surface area contributed by atoms with Crippen molar-refractivity contribution in [1.82, 2.24) is 15.0 Å². The molecule has 0 aliphatic rings. The number of rotatable bonds is 7. The lowest BCUT2D eigenvalue weighted by Gasteiger charge is -2.11. The number of anilines is 1. The summed E-state index contributed by atoms with van der Waals surface area (Å²) in [5.41, 5.74) is 0.449. The van der Waals surface area contributed by atoms with Gasteiger partial charge in [-0.3, -0.25) is 14.5 Å². The number of aromatic nitrogens is 3. The van der Waals surface area contributed by atoms with E-state index in [2.05, 4.69) is 19.7 Å². The Labute approximate surface area is 182 Å². The maximum atomic E-state index is 15.1. The van der Waals surface area contributed by atoms with Crippen LogP contribution in [0.4, 0.5) is 14.5 Å². The molecule has 0 spiro atoms. The zero-order valence-electron chi connectivity index (χ0n) is 16.9. The van der Waals surface area contributed by atoms with Crippen LogP contribution in [-0.4, -0.2) is 34.9 Å². The van der Waals surface area contributed by atoms with Crippen molar-refractivity contribution in [3.05, 3.63) is 77.9 Å². The van der Waals surface area contributed by atoms with Crippen molar-refractivity contribution in [3.8, 4) is 11.1 Å². The number of fused-ring (bicyclic) bond motifs is 1. The standard InChI is InChI=1S/C22H18F2N4O3S/c1-2-8-32(30,31)28-18-6-5-17(23)19(20(18)24)21(29)16-12-27-22-15(16)9-14(11-26-22)13-4-3-7-25-10-13/h3-7,9-12,28H,2,8H2,1H3,(H,26,27). The molecule has 1 aromatic carbocycles. The molecule has 3 aromatic heterocycles. The summed E-state index contributed by atoms with van der Waals surface area (Å²) in [4.78, 5) is 24.3. The molecule has 3 heterocycles. The third-order valence-corrected chi connectivity index (χ3v) is 6.30. The number of aromatic amines is 1. The quantitative estimate of drug-likeness (QED) is 0.404. The third kappa shape index (κ3) is 4.09. The summed E-state index contributed by atoms with van der Waals surface area (Å²) in [6.07, 6.45) is 6.47. The van der Waals surface area contributed by atoms with Crippen LogP contribution in [0.1, 0.15) is 29.3 Å². The Balaban J connectivity index is 1.79. The number of carbonyl (C=O) groups is 1. The summed E-state index contributed by atoms with van der Waals surface area (Å²) in [6, 6.07) is 7.04. The van der Waals surface area contributed by atoms with Crippen molar-refractivity contribution in [2.24, 2.45) is 0 Å². The first-order valence-corrected chi connectivity index (χ1v) is 11.4. The van der Waals surface area contributed by atoms with Gasteiger partial charge < -0.3 is 4.98 Å². The van der Waals surface area contributed by atoms with Gasteiger partial charge in [0.2, 0.25) is 15.8 Å². The molecule has 2 N–H and O–H groups in total. The monoisotopic (exact) mass is 456 g/mol. The first kappa shape index (κ1) is 21.6. The van der Waals surface area contributed by atoms with Crippen LogP contribution in [0, 0.1) is 11.6 Å². The Morgan fingerprint density at radius 2 is 1.97 bits per heavy atom. The van der Waals surface area contributed by atoms with Gasteiger partial charge in [-0.05, 0) is 30.7 Å². The lowest BCUT2D eigenvalue weighted by Crippen LogP contribution is -2.18. The Bertz CT molecular complexity index is 1420. The number of nitrogens with one attached hydrogen (secondary N) is 2. The normalized spacial score (nSPS) is 11.6. The number of sulfonamides is 1. The molecule has 0 aliphatic carbocycles. The molecule has 0 bridgehead atoms. The maximum absolute atomic E-state index is 15.1. The number of halogens is 2. The van der Waals surface area contributed by atoms with Crippen LogP contribution in [-0.2, 0) is 10.0 Å². The lowest BCUT2D eigenvalue weighted by molar-refractivity contribution is 0.103. The van der Waals surface area contributed by atoms with Gasteiger partial charge in [0.25, 0.3) is 0 Å². The first-order valence-electron chi connectivity index (χ1n) is 9.71. The molecule has 32 heavy (non-hydrogen) atoms. The number of nitrogens with zero attached hydrogens (tertiary/aromatic N) is 2. The Hall–Kier alpha value is -3.66. The van der Waals surface area contributed by atoms with Crippen LogP contribution in [0.5, 0.6) is 0 Å². The minimum Gasteiger partial charge on any atom is -0.345 e. The summed E-state index contributed by atoms with van der Waals surface area (Å²) in [5.74, 6) is -3.55. The summed E-state index contributed by atoms with van der Waals surface area (Å²) in [7, 11) is -3.83. The van der Waals surface area contributed by atoms with Gasteiger partial charge >= 0.3 is 0 Å². The topological polar surface area (TPSA) is 105 Å². The second-order valence-corrected chi connectivity index (χ2v) is 8.94. The van der Waals surface area contributed by atoms with Crippen molar-refractivity contribution in [1.29, 1.82) is 0 Å². The van der Waals surface area contributed by atoms with Crippen LogP contribution in [0.3, 0.4) is 0 Å². The van der Waals surface area contributed by atoms with Crippen LogP contribution in [0.25, 0.3) is 22.2 Å². The summed E-state index contributed by atoms with van der Waals surface area (Å²) < 4.78 is 55.7. The van der Waals surface area contributed by atoms with E-state index in [4.69, 9.17) is 0 Å². The number of ketones is 1. The second kappa shape index (κ2) is 8.46. The summed E-state index contributed by atoms with van der Waals surface area (Å²) in [5, 5.41) is 0.368. The maximum Gasteiger partial charge on any atom is 0.232 e. The highest BCUT2D eigenvalue weighted by molar-refractivity contribution is 7.92. The van der Waals surface area contributed by atoms with E-state index in [0.717, 1.165) is 17.7 Å². The van der Waals surface area contributed by atoms with Crippen molar-refractivity contribution >= 4 is 32.5 Å². The van der Waals surface area contributed by atoms with E-state index < -0.39 is 38.7 Å². The zero-order valence-corrected chi connectivity index (χ0v) is 17.7. The molecule has 0 saturated carbocycles. The van der Waals surface area contributed by atoms with Crippen LogP contribution >= 0.6 is 0 Å². The smallest absolute Gasteiger partial charge is 0.232 e. The van der Waals surface area contributed by atoms with E-state index in [0.29, 0.717) is 23.0 Å². The molecular weight excluding hydrogens is 438 g/mol. The van der Waals surface area contributed by atoms with Gasteiger partial charge in [0, 0.05) is 46.9 Å². The number of hydrogen-bond donors (Lipinski definition) is 2. The molecule has 4 aromatic rings. The van der Waals surface area contributed by atoms with Crippen LogP contribution < -0.4 is 4.72 Å². The van der Waals surface area contributed by atoms with E-state index in [-0.39, 0.29) is 11.3 Å². The van der Waals surface area contributed by atoms with Crippen molar-refractivity contribution in [2.75, 3.05) is 10.5 Å². The van der Waals surface area contributed by atoms with E-state index in [9.17, 15) is 17.6 Å². The molecule has 10 heteroatoms. The van der Waals surface area contributed by atoms with Crippen LogP contribution in [0.15, 0.2) is 55.1 Å². The van der Waals surface area contributed by atoms with Gasteiger partial charge in [0.15, 0.2) is 5.82 Å². The summed E-state index contributed by atoms with van der Waals surface area (Å²) >= 11 is 0.